The predicted octanol–water partition coefficient (Wildman–Crippen LogP) is 0.134. The zero-order valence-corrected chi connectivity index (χ0v) is 9.60. The Hall–Kier alpha value is -2.24. The number of para-hydroxylation sites is 2. The number of hydrogen-bond acceptors (Lipinski definition) is 5. The van der Waals surface area contributed by atoms with Crippen molar-refractivity contribution < 1.29 is 19.1 Å². The lowest BCUT2D eigenvalue weighted by molar-refractivity contribution is -0.144. The molecule has 0 aromatic heterocycles. The average molecular weight is 238 g/mol. The van der Waals surface area contributed by atoms with Crippen molar-refractivity contribution in [2.75, 3.05) is 19.5 Å². The molecule has 0 radical (unpaired) electrons. The van der Waals surface area contributed by atoms with Gasteiger partial charge in [-0.05, 0) is 12.1 Å². The van der Waals surface area contributed by atoms with Crippen molar-refractivity contribution in [2.45, 2.75) is 6.04 Å². The van der Waals surface area contributed by atoms with E-state index in [4.69, 9.17) is 10.5 Å². The minimum atomic E-state index is -1.24. The second kappa shape index (κ2) is 5.74. The smallest absolute Gasteiger partial charge is 0.338 e. The van der Waals surface area contributed by atoms with Crippen LogP contribution in [0.1, 0.15) is 0 Å². The molecule has 0 heterocycles. The molecule has 0 aliphatic carbocycles. The van der Waals surface area contributed by atoms with Crippen LogP contribution < -0.4 is 15.8 Å². The molecule has 0 saturated heterocycles. The summed E-state index contributed by atoms with van der Waals surface area (Å²) in [5, 5.41) is 2.67. The zero-order chi connectivity index (χ0) is 12.8. The molecule has 1 unspecified atom stereocenters. The number of amides is 1. The third kappa shape index (κ3) is 3.10. The number of nitrogens with two attached hydrogens (primary N) is 1. The number of carbonyl (C=O) groups is 2. The third-order valence-corrected chi connectivity index (χ3v) is 2.13. The molecule has 1 atom stereocenters. The number of ether oxygens (including phenoxy) is 2. The van der Waals surface area contributed by atoms with Crippen LogP contribution in [0, 0.1) is 0 Å². The van der Waals surface area contributed by atoms with E-state index >= 15 is 0 Å². The van der Waals surface area contributed by atoms with Gasteiger partial charge in [-0.2, -0.15) is 0 Å². The molecule has 0 spiro atoms. The first-order chi connectivity index (χ1) is 8.10. The highest BCUT2D eigenvalue weighted by molar-refractivity contribution is 6.04. The number of nitrogens with one attached hydrogen (secondary N) is 1. The van der Waals surface area contributed by atoms with Crippen molar-refractivity contribution >= 4 is 17.6 Å². The normalized spacial score (nSPS) is 11.4. The number of methoxy groups -OCH3 is 2. The Kier molecular flexibility index (Phi) is 4.33. The molecule has 1 aromatic rings. The molecule has 3 N–H and O–H groups in total. The van der Waals surface area contributed by atoms with Crippen molar-refractivity contribution in [3.05, 3.63) is 24.3 Å². The molecule has 1 amide bonds. The maximum absolute atomic E-state index is 11.3. The van der Waals surface area contributed by atoms with E-state index in [1.165, 1.54) is 14.2 Å². The molecule has 0 fully saturated rings. The number of esters is 1. The maximum Gasteiger partial charge on any atom is 0.338 e. The second-order valence-corrected chi connectivity index (χ2v) is 3.20. The SMILES string of the molecule is COC(=O)C(Nc1ccccc1OC)C(N)=O. The lowest BCUT2D eigenvalue weighted by atomic mass is 10.2. The Morgan fingerprint density at radius 3 is 2.47 bits per heavy atom. The molecular weight excluding hydrogens is 224 g/mol. The van der Waals surface area contributed by atoms with E-state index in [1.54, 1.807) is 24.3 Å². The van der Waals surface area contributed by atoms with Gasteiger partial charge in [0.05, 0.1) is 19.9 Å². The first kappa shape index (κ1) is 12.8. The summed E-state index contributed by atoms with van der Waals surface area (Å²) in [6, 6.07) is 5.62. The van der Waals surface area contributed by atoms with E-state index in [1.807, 2.05) is 0 Å². The monoisotopic (exact) mass is 238 g/mol. The Labute approximate surface area is 98.7 Å². The fourth-order valence-corrected chi connectivity index (χ4v) is 1.28. The quantitative estimate of drug-likeness (QED) is 0.562. The van der Waals surface area contributed by atoms with Gasteiger partial charge in [0, 0.05) is 0 Å². The molecule has 0 aliphatic rings. The number of benzene rings is 1. The molecule has 92 valence electrons. The van der Waals surface area contributed by atoms with Crippen LogP contribution in [0.2, 0.25) is 0 Å². The van der Waals surface area contributed by atoms with E-state index < -0.39 is 17.9 Å². The highest BCUT2D eigenvalue weighted by Crippen LogP contribution is 2.23. The molecule has 0 saturated carbocycles. The largest absolute Gasteiger partial charge is 0.495 e. The van der Waals surface area contributed by atoms with Gasteiger partial charge < -0.3 is 20.5 Å². The van der Waals surface area contributed by atoms with Gasteiger partial charge in [-0.25, -0.2) is 4.79 Å². The number of carbonyl (C=O) groups excluding carboxylic acids is 2. The average Bonchev–Trinajstić information content (AvgIpc) is 2.35. The van der Waals surface area contributed by atoms with E-state index in [-0.39, 0.29) is 0 Å². The lowest BCUT2D eigenvalue weighted by Crippen LogP contribution is -2.42. The summed E-state index contributed by atoms with van der Waals surface area (Å²) in [6.45, 7) is 0. The molecule has 6 heteroatoms. The molecule has 17 heavy (non-hydrogen) atoms. The Bertz CT molecular complexity index is 420. The van der Waals surface area contributed by atoms with Gasteiger partial charge in [0.15, 0.2) is 0 Å². The molecular formula is C11H14N2O4. The van der Waals surface area contributed by atoms with Crippen LogP contribution in [0.15, 0.2) is 24.3 Å². The number of anilines is 1. The molecule has 1 rings (SSSR count). The van der Waals surface area contributed by atoms with Gasteiger partial charge in [0.25, 0.3) is 5.91 Å². The third-order valence-electron chi connectivity index (χ3n) is 2.13. The maximum atomic E-state index is 11.3. The van der Waals surface area contributed by atoms with Crippen LogP contribution in [0.4, 0.5) is 5.69 Å². The summed E-state index contributed by atoms with van der Waals surface area (Å²) in [5.41, 5.74) is 5.60. The van der Waals surface area contributed by atoms with Crippen molar-refractivity contribution in [1.29, 1.82) is 0 Å². The molecule has 6 nitrogen and oxygen atoms in total. The van der Waals surface area contributed by atoms with Crippen molar-refractivity contribution in [2.24, 2.45) is 5.73 Å². The number of primary amides is 1. The molecule has 1 aromatic carbocycles. The topological polar surface area (TPSA) is 90.7 Å². The van der Waals surface area contributed by atoms with Crippen LogP contribution in [-0.2, 0) is 14.3 Å². The summed E-state index contributed by atoms with van der Waals surface area (Å²) >= 11 is 0. The van der Waals surface area contributed by atoms with Crippen LogP contribution in [0.5, 0.6) is 5.75 Å². The summed E-state index contributed by atoms with van der Waals surface area (Å²) in [5.74, 6) is -1.06. The summed E-state index contributed by atoms with van der Waals surface area (Å²) in [7, 11) is 2.67. The van der Waals surface area contributed by atoms with Crippen molar-refractivity contribution in [3.8, 4) is 5.75 Å². The van der Waals surface area contributed by atoms with E-state index in [0.717, 1.165) is 0 Å². The van der Waals surface area contributed by atoms with E-state index in [9.17, 15) is 9.59 Å². The number of rotatable bonds is 5. The van der Waals surface area contributed by atoms with Crippen LogP contribution in [0.3, 0.4) is 0 Å². The Morgan fingerprint density at radius 1 is 1.29 bits per heavy atom. The standard InChI is InChI=1S/C11H14N2O4/c1-16-8-6-4-3-5-7(8)13-9(10(12)14)11(15)17-2/h3-6,9,13H,1-2H3,(H2,12,14). The Balaban J connectivity index is 2.93. The fraction of sp³-hybridized carbons (Fsp3) is 0.273. The minimum absolute atomic E-state index is 0.490. The van der Waals surface area contributed by atoms with E-state index in [0.29, 0.717) is 11.4 Å². The highest BCUT2D eigenvalue weighted by atomic mass is 16.5. The van der Waals surface area contributed by atoms with Crippen molar-refractivity contribution in [3.63, 3.8) is 0 Å². The second-order valence-electron chi connectivity index (χ2n) is 3.20. The van der Waals surface area contributed by atoms with E-state index in [2.05, 4.69) is 10.1 Å². The van der Waals surface area contributed by atoms with Gasteiger partial charge >= 0.3 is 5.97 Å². The first-order valence-corrected chi connectivity index (χ1v) is 4.87. The Morgan fingerprint density at radius 2 is 1.94 bits per heavy atom. The van der Waals surface area contributed by atoms with Crippen LogP contribution in [-0.4, -0.2) is 32.1 Å². The minimum Gasteiger partial charge on any atom is -0.495 e. The lowest BCUT2D eigenvalue weighted by Gasteiger charge is -2.16. The molecule has 0 aliphatic heterocycles. The molecule has 0 bridgehead atoms. The van der Waals surface area contributed by atoms with Gasteiger partial charge in [-0.15, -0.1) is 0 Å². The summed E-state index contributed by atoms with van der Waals surface area (Å²) in [6.07, 6.45) is 0. The van der Waals surface area contributed by atoms with Gasteiger partial charge in [-0.3, -0.25) is 4.79 Å². The summed E-state index contributed by atoms with van der Waals surface area (Å²) in [4.78, 5) is 22.5. The van der Waals surface area contributed by atoms with Crippen molar-refractivity contribution in [1.82, 2.24) is 0 Å². The van der Waals surface area contributed by atoms with Crippen LogP contribution in [0.25, 0.3) is 0 Å². The zero-order valence-electron chi connectivity index (χ0n) is 9.60. The predicted molar refractivity (Wildman–Crippen MR) is 61.6 cm³/mol. The fourth-order valence-electron chi connectivity index (χ4n) is 1.28. The van der Waals surface area contributed by atoms with Gasteiger partial charge in [0.2, 0.25) is 6.04 Å². The summed E-state index contributed by atoms with van der Waals surface area (Å²) < 4.78 is 9.55. The van der Waals surface area contributed by atoms with Gasteiger partial charge in [-0.1, -0.05) is 12.1 Å². The first-order valence-electron chi connectivity index (χ1n) is 4.87. The highest BCUT2D eigenvalue weighted by Gasteiger charge is 2.25. The van der Waals surface area contributed by atoms with Crippen LogP contribution >= 0.6 is 0 Å². The number of hydrogen-bond donors (Lipinski definition) is 2. The van der Waals surface area contributed by atoms with Gasteiger partial charge in [0.1, 0.15) is 5.75 Å².